The Hall–Kier alpha value is -0.590. The number of allylic oxidation sites excluding steroid dienone is 1. The Morgan fingerprint density at radius 2 is 2.00 bits per heavy atom. The van der Waals surface area contributed by atoms with Gasteiger partial charge in [0.05, 0.1) is 11.0 Å². The van der Waals surface area contributed by atoms with E-state index in [1.807, 2.05) is 5.32 Å². The van der Waals surface area contributed by atoms with Crippen molar-refractivity contribution in [2.24, 2.45) is 4.99 Å². The lowest BCUT2D eigenvalue weighted by Crippen LogP contribution is -2.25. The van der Waals surface area contributed by atoms with Gasteiger partial charge in [-0.15, -0.1) is 0 Å². The molecule has 0 amide bonds. The molecule has 0 aromatic rings. The van der Waals surface area contributed by atoms with Gasteiger partial charge in [0, 0.05) is 0 Å². The lowest BCUT2D eigenvalue weighted by atomic mass is 10.3. The topological polar surface area (TPSA) is 24.4 Å². The molecule has 0 aliphatic carbocycles. The molecular weight excluding hydrogens is 244 g/mol. The summed E-state index contributed by atoms with van der Waals surface area (Å²) in [6.45, 7) is 0.838. The number of amidine groups is 1. The van der Waals surface area contributed by atoms with Crippen LogP contribution in [0.3, 0.4) is 0 Å². The summed E-state index contributed by atoms with van der Waals surface area (Å²) in [5, 5.41) is 1.89. The number of rotatable bonds is 0. The van der Waals surface area contributed by atoms with Gasteiger partial charge in [0.1, 0.15) is 0 Å². The Labute approximate surface area is 73.5 Å². The molecule has 1 radical (unpaired) electrons. The second kappa shape index (κ2) is 3.04. The first kappa shape index (κ1) is 9.50. The van der Waals surface area contributed by atoms with Crippen LogP contribution in [0, 0.1) is 6.54 Å². The molecule has 0 aromatic carbocycles. The summed E-state index contributed by atoms with van der Waals surface area (Å²) < 4.78 is 47.7. The average molecular weight is 246 g/mol. The monoisotopic (exact) mass is 245 g/mol. The smallest absolute Gasteiger partial charge is 0.336 e. The van der Waals surface area contributed by atoms with Crippen molar-refractivity contribution in [2.45, 2.75) is 6.18 Å². The lowest BCUT2D eigenvalue weighted by Gasteiger charge is -2.14. The molecule has 12 heavy (non-hydrogen) atoms. The number of aliphatic imine (C=N–C) groups is 1. The fourth-order valence-corrected chi connectivity index (χ4v) is 1.00. The van der Waals surface area contributed by atoms with E-state index in [9.17, 15) is 17.6 Å². The molecule has 0 atom stereocenters. The van der Waals surface area contributed by atoms with E-state index in [0.717, 1.165) is 6.54 Å². The van der Waals surface area contributed by atoms with Crippen molar-refractivity contribution in [3.05, 3.63) is 16.7 Å². The Morgan fingerprint density at radius 1 is 1.42 bits per heavy atom. The van der Waals surface area contributed by atoms with Crippen LogP contribution in [0.1, 0.15) is 0 Å². The molecule has 1 rings (SSSR count). The zero-order valence-electron chi connectivity index (χ0n) is 5.41. The summed E-state index contributed by atoms with van der Waals surface area (Å²) in [7, 11) is 0. The fourth-order valence-electron chi connectivity index (χ4n) is 0.574. The van der Waals surface area contributed by atoms with Crippen LogP contribution < -0.4 is 5.32 Å². The summed E-state index contributed by atoms with van der Waals surface area (Å²) in [4.78, 5) is 2.65. The van der Waals surface area contributed by atoms with Crippen LogP contribution in [-0.4, -0.2) is 12.3 Å². The van der Waals surface area contributed by atoms with Gasteiger partial charge < -0.3 is 5.32 Å². The molecule has 2 nitrogen and oxygen atoms in total. The van der Waals surface area contributed by atoms with Crippen LogP contribution in [0.2, 0.25) is 0 Å². The minimum atomic E-state index is -4.64. The first-order valence-electron chi connectivity index (χ1n) is 2.72. The van der Waals surface area contributed by atoms with Gasteiger partial charge in [-0.25, -0.2) is 0 Å². The first-order valence-corrected chi connectivity index (χ1v) is 3.51. The highest BCUT2D eigenvalue weighted by atomic mass is 79.9. The van der Waals surface area contributed by atoms with Crippen LogP contribution in [0.15, 0.2) is 15.2 Å². The molecule has 0 aromatic heterocycles. The van der Waals surface area contributed by atoms with Crippen molar-refractivity contribution < 1.29 is 17.6 Å². The van der Waals surface area contributed by atoms with Gasteiger partial charge in [0.15, 0.2) is 5.70 Å². The first-order chi connectivity index (χ1) is 5.41. The van der Waals surface area contributed by atoms with Crippen LogP contribution in [0.5, 0.6) is 0 Å². The zero-order chi connectivity index (χ0) is 9.35. The van der Waals surface area contributed by atoms with Crippen molar-refractivity contribution in [3.8, 4) is 0 Å². The second-order valence-electron chi connectivity index (χ2n) is 1.89. The van der Waals surface area contributed by atoms with E-state index >= 15 is 0 Å². The highest BCUT2D eigenvalue weighted by Crippen LogP contribution is 2.33. The third-order valence-electron chi connectivity index (χ3n) is 1.02. The number of hydrogen-bond donors (Lipinski definition) is 1. The molecule has 1 heterocycles. The summed E-state index contributed by atoms with van der Waals surface area (Å²) in [5.41, 5.74) is -1.28. The normalized spacial score (nSPS) is 18.9. The third kappa shape index (κ3) is 1.96. The van der Waals surface area contributed by atoms with Gasteiger partial charge in [-0.1, -0.05) is 15.9 Å². The van der Waals surface area contributed by atoms with E-state index in [4.69, 9.17) is 0 Å². The van der Waals surface area contributed by atoms with E-state index in [1.165, 1.54) is 0 Å². The maximum absolute atomic E-state index is 12.2. The van der Waals surface area contributed by atoms with Gasteiger partial charge in [-0.2, -0.15) is 22.6 Å². The third-order valence-corrected chi connectivity index (χ3v) is 1.63. The molecule has 0 bridgehead atoms. The minimum absolute atomic E-state index is 0.323. The molecule has 1 aliphatic heterocycles. The SMILES string of the molecule is FC1=NC(C(F)(F)F)=C(Br)[CH]N1. The highest BCUT2D eigenvalue weighted by molar-refractivity contribution is 9.11. The minimum Gasteiger partial charge on any atom is -0.336 e. The quantitative estimate of drug-likeness (QED) is 0.514. The van der Waals surface area contributed by atoms with Gasteiger partial charge in [-0.05, 0) is 0 Å². The molecular formula is C5H2BrF4N2. The van der Waals surface area contributed by atoms with Crippen LogP contribution >= 0.6 is 15.9 Å². The molecule has 0 fully saturated rings. The summed E-state index contributed by atoms with van der Waals surface area (Å²) in [6.07, 6.45) is -5.92. The number of hydrogen-bond acceptors (Lipinski definition) is 2. The second-order valence-corrected chi connectivity index (χ2v) is 2.74. The van der Waals surface area contributed by atoms with E-state index in [-0.39, 0.29) is 4.48 Å². The maximum atomic E-state index is 12.2. The zero-order valence-corrected chi connectivity index (χ0v) is 7.00. The van der Waals surface area contributed by atoms with E-state index in [0.29, 0.717) is 0 Å². The van der Waals surface area contributed by atoms with E-state index < -0.39 is 18.0 Å². The molecule has 0 saturated carbocycles. The average Bonchev–Trinajstić information content (AvgIpc) is 1.92. The van der Waals surface area contributed by atoms with Crippen molar-refractivity contribution in [3.63, 3.8) is 0 Å². The van der Waals surface area contributed by atoms with Crippen LogP contribution in [0.4, 0.5) is 17.6 Å². The standard InChI is InChI=1S/C5H2BrF4N2/c6-2-1-11-4(7)12-3(2)5(8,9)10/h1H,(H,11,12). The Morgan fingerprint density at radius 3 is 2.42 bits per heavy atom. The van der Waals surface area contributed by atoms with Crippen LogP contribution in [-0.2, 0) is 0 Å². The maximum Gasteiger partial charge on any atom is 0.434 e. The Kier molecular flexibility index (Phi) is 2.41. The molecule has 1 N–H and O–H groups in total. The molecule has 1 aliphatic rings. The van der Waals surface area contributed by atoms with Gasteiger partial charge in [-0.3, -0.25) is 0 Å². The molecule has 7 heteroatoms. The van der Waals surface area contributed by atoms with Crippen molar-refractivity contribution in [1.29, 1.82) is 0 Å². The highest BCUT2D eigenvalue weighted by Gasteiger charge is 2.38. The van der Waals surface area contributed by atoms with Gasteiger partial charge in [0.25, 0.3) is 6.09 Å². The van der Waals surface area contributed by atoms with Crippen molar-refractivity contribution >= 4 is 22.0 Å². The fraction of sp³-hybridized carbons (Fsp3) is 0.200. The summed E-state index contributed by atoms with van der Waals surface area (Å²) in [5.74, 6) is 0. The predicted molar refractivity (Wildman–Crippen MR) is 38.0 cm³/mol. The Balaban J connectivity index is 3.02. The van der Waals surface area contributed by atoms with Crippen LogP contribution in [0.25, 0.3) is 0 Å². The lowest BCUT2D eigenvalue weighted by molar-refractivity contribution is -0.0928. The number of nitrogens with zero attached hydrogens (tertiary/aromatic N) is 1. The molecule has 0 unspecified atom stereocenters. The van der Waals surface area contributed by atoms with Gasteiger partial charge in [0.2, 0.25) is 0 Å². The molecule has 67 valence electrons. The Bertz CT molecular complexity index is 255. The molecule has 0 saturated heterocycles. The predicted octanol–water partition coefficient (Wildman–Crippen LogP) is 2.25. The number of alkyl halides is 3. The van der Waals surface area contributed by atoms with Crippen molar-refractivity contribution in [1.82, 2.24) is 5.32 Å². The van der Waals surface area contributed by atoms with E-state index in [2.05, 4.69) is 20.9 Å². The largest absolute Gasteiger partial charge is 0.434 e. The number of halogens is 5. The number of nitrogens with one attached hydrogen (secondary N) is 1. The van der Waals surface area contributed by atoms with Crippen molar-refractivity contribution in [2.75, 3.05) is 0 Å². The summed E-state index contributed by atoms with van der Waals surface area (Å²) in [6, 6.07) is 0. The van der Waals surface area contributed by atoms with E-state index in [1.54, 1.807) is 0 Å². The summed E-state index contributed by atoms with van der Waals surface area (Å²) >= 11 is 2.59. The van der Waals surface area contributed by atoms with Gasteiger partial charge >= 0.3 is 6.18 Å². The molecule has 0 spiro atoms.